The van der Waals surface area contributed by atoms with E-state index in [2.05, 4.69) is 50.4 Å². The van der Waals surface area contributed by atoms with Crippen molar-refractivity contribution in [1.29, 1.82) is 0 Å². The number of rotatable bonds is 5. The largest absolute Gasteiger partial charge is 0.493 e. The molecule has 1 saturated heterocycles. The van der Waals surface area contributed by atoms with Crippen LogP contribution in [0.5, 0.6) is 5.75 Å². The summed E-state index contributed by atoms with van der Waals surface area (Å²) in [5.74, 6) is 1.67. The van der Waals surface area contributed by atoms with Crippen molar-refractivity contribution in [3.05, 3.63) is 29.8 Å². The second kappa shape index (κ2) is 6.42. The van der Waals surface area contributed by atoms with Crippen LogP contribution in [0, 0.1) is 5.92 Å². The maximum atomic E-state index is 5.91. The van der Waals surface area contributed by atoms with Crippen LogP contribution in [0.25, 0.3) is 0 Å². The molecule has 0 radical (unpaired) electrons. The Kier molecular flexibility index (Phi) is 4.87. The first-order valence-electron chi connectivity index (χ1n) is 7.56. The van der Waals surface area contributed by atoms with E-state index in [0.29, 0.717) is 5.92 Å². The monoisotopic (exact) mass is 261 g/mol. The fourth-order valence-electron chi connectivity index (χ4n) is 2.49. The van der Waals surface area contributed by atoms with E-state index >= 15 is 0 Å². The van der Waals surface area contributed by atoms with E-state index < -0.39 is 0 Å². The van der Waals surface area contributed by atoms with E-state index in [1.54, 1.807) is 0 Å². The quantitative estimate of drug-likeness (QED) is 0.871. The van der Waals surface area contributed by atoms with Crippen LogP contribution in [-0.4, -0.2) is 19.7 Å². The molecular weight excluding hydrogens is 234 g/mol. The van der Waals surface area contributed by atoms with Gasteiger partial charge in [0.1, 0.15) is 5.75 Å². The highest BCUT2D eigenvalue weighted by atomic mass is 16.5. The zero-order valence-electron chi connectivity index (χ0n) is 12.5. The normalized spacial score (nSPS) is 20.3. The minimum atomic E-state index is 0.256. The standard InChI is InChI=1S/C17H27NO/c1-4-17(2,3)15-7-9-16(10-8-15)19-13-14-6-5-11-18-12-14/h7-10,14,18H,4-6,11-13H2,1-3H3/t14-/m0/s1. The lowest BCUT2D eigenvalue weighted by molar-refractivity contribution is 0.218. The topological polar surface area (TPSA) is 21.3 Å². The van der Waals surface area contributed by atoms with Crippen molar-refractivity contribution < 1.29 is 4.74 Å². The van der Waals surface area contributed by atoms with Crippen LogP contribution in [0.4, 0.5) is 0 Å². The molecule has 0 unspecified atom stereocenters. The Balaban J connectivity index is 1.88. The summed E-state index contributed by atoms with van der Waals surface area (Å²) in [6.45, 7) is 9.91. The van der Waals surface area contributed by atoms with Gasteiger partial charge in [-0.05, 0) is 48.9 Å². The summed E-state index contributed by atoms with van der Waals surface area (Å²) in [6.07, 6.45) is 3.71. The van der Waals surface area contributed by atoms with E-state index in [4.69, 9.17) is 4.74 Å². The molecule has 2 heteroatoms. The Morgan fingerprint density at radius 1 is 1.26 bits per heavy atom. The highest BCUT2D eigenvalue weighted by Crippen LogP contribution is 2.28. The summed E-state index contributed by atoms with van der Waals surface area (Å²) in [7, 11) is 0. The van der Waals surface area contributed by atoms with Gasteiger partial charge in [-0.3, -0.25) is 0 Å². The molecule has 19 heavy (non-hydrogen) atoms. The van der Waals surface area contributed by atoms with E-state index in [1.165, 1.54) is 18.4 Å². The molecule has 0 amide bonds. The van der Waals surface area contributed by atoms with Crippen molar-refractivity contribution in [3.63, 3.8) is 0 Å². The summed E-state index contributed by atoms with van der Waals surface area (Å²) >= 11 is 0. The van der Waals surface area contributed by atoms with Gasteiger partial charge in [-0.15, -0.1) is 0 Å². The Hall–Kier alpha value is -1.02. The van der Waals surface area contributed by atoms with Crippen LogP contribution in [0.3, 0.4) is 0 Å². The van der Waals surface area contributed by atoms with Gasteiger partial charge in [-0.2, -0.15) is 0 Å². The van der Waals surface area contributed by atoms with Gasteiger partial charge in [0.05, 0.1) is 6.61 Å². The van der Waals surface area contributed by atoms with Crippen molar-refractivity contribution in [2.45, 2.75) is 45.4 Å². The Morgan fingerprint density at radius 2 is 2.00 bits per heavy atom. The fraction of sp³-hybridized carbons (Fsp3) is 0.647. The summed E-state index contributed by atoms with van der Waals surface area (Å²) in [4.78, 5) is 0. The predicted molar refractivity (Wildman–Crippen MR) is 80.8 cm³/mol. The average Bonchev–Trinajstić information content (AvgIpc) is 2.47. The number of piperidine rings is 1. The average molecular weight is 261 g/mol. The number of benzene rings is 1. The second-order valence-corrected chi connectivity index (χ2v) is 6.29. The lowest BCUT2D eigenvalue weighted by Gasteiger charge is -2.24. The first-order valence-corrected chi connectivity index (χ1v) is 7.56. The molecule has 106 valence electrons. The lowest BCUT2D eigenvalue weighted by atomic mass is 9.82. The molecule has 1 aromatic rings. The van der Waals surface area contributed by atoms with E-state index in [-0.39, 0.29) is 5.41 Å². The maximum Gasteiger partial charge on any atom is 0.119 e. The Bertz CT molecular complexity index is 377. The molecule has 1 aliphatic rings. The SMILES string of the molecule is CCC(C)(C)c1ccc(OC[C@H]2CCCNC2)cc1. The third kappa shape index (κ3) is 3.97. The van der Waals surface area contributed by atoms with Crippen molar-refractivity contribution in [2.75, 3.05) is 19.7 Å². The summed E-state index contributed by atoms with van der Waals surface area (Å²) in [5, 5.41) is 3.43. The predicted octanol–water partition coefficient (Wildman–Crippen LogP) is 3.75. The molecule has 0 bridgehead atoms. The first-order chi connectivity index (χ1) is 9.12. The van der Waals surface area contributed by atoms with Gasteiger partial charge < -0.3 is 10.1 Å². The van der Waals surface area contributed by atoms with Crippen molar-refractivity contribution in [3.8, 4) is 5.75 Å². The zero-order valence-corrected chi connectivity index (χ0v) is 12.5. The second-order valence-electron chi connectivity index (χ2n) is 6.29. The van der Waals surface area contributed by atoms with Crippen LogP contribution in [0.2, 0.25) is 0 Å². The molecule has 0 spiro atoms. The van der Waals surface area contributed by atoms with Gasteiger partial charge >= 0.3 is 0 Å². The van der Waals surface area contributed by atoms with Gasteiger partial charge in [0.2, 0.25) is 0 Å². The maximum absolute atomic E-state index is 5.91. The van der Waals surface area contributed by atoms with Crippen molar-refractivity contribution in [2.24, 2.45) is 5.92 Å². The van der Waals surface area contributed by atoms with Crippen molar-refractivity contribution in [1.82, 2.24) is 5.32 Å². The summed E-state index contributed by atoms with van der Waals surface area (Å²) in [6, 6.07) is 8.64. The lowest BCUT2D eigenvalue weighted by Crippen LogP contribution is -2.33. The van der Waals surface area contributed by atoms with Crippen molar-refractivity contribution >= 4 is 0 Å². The van der Waals surface area contributed by atoms with E-state index in [1.807, 2.05) is 0 Å². The highest BCUT2D eigenvalue weighted by Gasteiger charge is 2.18. The van der Waals surface area contributed by atoms with Gasteiger partial charge in [-0.25, -0.2) is 0 Å². The third-order valence-corrected chi connectivity index (χ3v) is 4.40. The molecule has 1 N–H and O–H groups in total. The minimum absolute atomic E-state index is 0.256. The van der Waals surface area contributed by atoms with Gasteiger partial charge in [-0.1, -0.05) is 32.9 Å². The van der Waals surface area contributed by atoms with E-state index in [0.717, 1.165) is 31.9 Å². The first kappa shape index (κ1) is 14.4. The molecule has 0 aromatic heterocycles. The zero-order chi connectivity index (χ0) is 13.7. The van der Waals surface area contributed by atoms with E-state index in [9.17, 15) is 0 Å². The van der Waals surface area contributed by atoms with Crippen LogP contribution in [-0.2, 0) is 5.41 Å². The molecule has 1 fully saturated rings. The summed E-state index contributed by atoms with van der Waals surface area (Å²) in [5.41, 5.74) is 1.65. The highest BCUT2D eigenvalue weighted by molar-refractivity contribution is 5.31. The van der Waals surface area contributed by atoms with Gasteiger partial charge in [0.25, 0.3) is 0 Å². The Morgan fingerprint density at radius 3 is 2.58 bits per heavy atom. The molecule has 2 nitrogen and oxygen atoms in total. The molecule has 2 rings (SSSR count). The summed E-state index contributed by atoms with van der Waals surface area (Å²) < 4.78 is 5.91. The molecule has 1 heterocycles. The van der Waals surface area contributed by atoms with Crippen LogP contribution in [0.1, 0.15) is 45.6 Å². The number of hydrogen-bond acceptors (Lipinski definition) is 2. The van der Waals surface area contributed by atoms with Gasteiger partial charge in [0.15, 0.2) is 0 Å². The minimum Gasteiger partial charge on any atom is -0.493 e. The van der Waals surface area contributed by atoms with Crippen LogP contribution in [0.15, 0.2) is 24.3 Å². The fourth-order valence-corrected chi connectivity index (χ4v) is 2.49. The molecule has 1 aromatic carbocycles. The molecule has 0 saturated carbocycles. The number of ether oxygens (including phenoxy) is 1. The smallest absolute Gasteiger partial charge is 0.119 e. The molecular formula is C17H27NO. The van der Waals surface area contributed by atoms with Crippen LogP contribution >= 0.6 is 0 Å². The molecule has 0 aliphatic carbocycles. The molecule has 1 atom stereocenters. The molecule has 1 aliphatic heterocycles. The van der Waals surface area contributed by atoms with Gasteiger partial charge in [0, 0.05) is 12.5 Å². The third-order valence-electron chi connectivity index (χ3n) is 4.40. The van der Waals surface area contributed by atoms with Crippen LogP contribution < -0.4 is 10.1 Å². The Labute approximate surface area is 117 Å². The number of nitrogens with one attached hydrogen (secondary N) is 1. The number of hydrogen-bond donors (Lipinski definition) is 1.